The number of rotatable bonds is 2. The van der Waals surface area contributed by atoms with Gasteiger partial charge in [-0.3, -0.25) is 0 Å². The van der Waals surface area contributed by atoms with E-state index < -0.39 is 0 Å². The van der Waals surface area contributed by atoms with Crippen LogP contribution in [0.15, 0.2) is 78.8 Å². The second-order valence-corrected chi connectivity index (χ2v) is 4.28. The molecule has 2 aromatic carbocycles. The molecule has 3 rings (SSSR count). The van der Waals surface area contributed by atoms with Gasteiger partial charge in [0.25, 0.3) is 0 Å². The van der Waals surface area contributed by atoms with Crippen LogP contribution in [0, 0.1) is 0 Å². The molecule has 1 heteroatoms. The molecular formula is C17H13B. The fraction of sp³-hybridized carbons (Fsp3) is 0. The Morgan fingerprint density at radius 2 is 1.22 bits per heavy atom. The zero-order valence-corrected chi connectivity index (χ0v) is 10.1. The van der Waals surface area contributed by atoms with Crippen LogP contribution in [0.25, 0.3) is 22.1 Å². The Kier molecular flexibility index (Phi) is 3.06. The van der Waals surface area contributed by atoms with Gasteiger partial charge in [0.2, 0.25) is 0 Å². The minimum absolute atomic E-state index is 1.26. The quantitative estimate of drug-likeness (QED) is 0.611. The minimum atomic E-state index is 1.26. The Hall–Kier alpha value is -2.15. The van der Waals surface area contributed by atoms with Crippen LogP contribution < -0.4 is 0 Å². The Balaban J connectivity index is 2.18. The first-order chi connectivity index (χ1) is 8.95. The topological polar surface area (TPSA) is 0 Å². The molecule has 0 spiro atoms. The third-order valence-corrected chi connectivity index (χ3v) is 3.10. The van der Waals surface area contributed by atoms with Gasteiger partial charge in [-0.25, -0.2) is 0 Å². The van der Waals surface area contributed by atoms with Crippen LogP contribution in [0.1, 0.15) is 0 Å². The van der Waals surface area contributed by atoms with Crippen molar-refractivity contribution in [2.75, 3.05) is 0 Å². The maximum absolute atomic E-state index is 2.18. The molecule has 1 aromatic heterocycles. The van der Waals surface area contributed by atoms with E-state index in [0.29, 0.717) is 0 Å². The first-order valence-corrected chi connectivity index (χ1v) is 6.15. The summed E-state index contributed by atoms with van der Waals surface area (Å²) in [6, 6.07) is 25.3. The third-order valence-electron chi connectivity index (χ3n) is 3.10. The average molecular weight is 228 g/mol. The molecule has 0 N–H and O–H groups in total. The summed E-state index contributed by atoms with van der Waals surface area (Å²) in [6.45, 7) is 2.15. The predicted octanol–water partition coefficient (Wildman–Crippen LogP) is 4.36. The van der Waals surface area contributed by atoms with Crippen molar-refractivity contribution in [2.45, 2.75) is 0 Å². The van der Waals surface area contributed by atoms with E-state index >= 15 is 0 Å². The van der Waals surface area contributed by atoms with Crippen molar-refractivity contribution in [3.8, 4) is 22.1 Å². The van der Waals surface area contributed by atoms with Gasteiger partial charge in [0.05, 0.1) is 0 Å². The Labute approximate surface area is 108 Å². The van der Waals surface area contributed by atoms with Crippen LogP contribution in [0.2, 0.25) is 0 Å². The molecule has 0 nitrogen and oxygen atoms in total. The summed E-state index contributed by atoms with van der Waals surface area (Å²) in [5, 5.41) is 0. The molecule has 0 unspecified atom stereocenters. The van der Waals surface area contributed by atoms with Crippen molar-refractivity contribution >= 4 is 6.91 Å². The van der Waals surface area contributed by atoms with Crippen molar-refractivity contribution in [3.63, 3.8) is 0 Å². The molecule has 0 aliphatic carbocycles. The SMILES string of the molecule is b1ccccc1-c1ccccc1-c1ccccc1. The van der Waals surface area contributed by atoms with Crippen molar-refractivity contribution in [2.24, 2.45) is 0 Å². The zero-order chi connectivity index (χ0) is 12.2. The molecular weight excluding hydrogens is 215 g/mol. The van der Waals surface area contributed by atoms with Crippen molar-refractivity contribution < 1.29 is 0 Å². The first kappa shape index (κ1) is 11.0. The van der Waals surface area contributed by atoms with Gasteiger partial charge >= 0.3 is 108 Å². The van der Waals surface area contributed by atoms with E-state index in [1.807, 2.05) is 0 Å². The van der Waals surface area contributed by atoms with Gasteiger partial charge in [-0.1, -0.05) is 0 Å². The Morgan fingerprint density at radius 3 is 1.94 bits per heavy atom. The average Bonchev–Trinajstić information content (AvgIpc) is 2.49. The second kappa shape index (κ2) is 5.01. The fourth-order valence-electron chi connectivity index (χ4n) is 2.22. The summed E-state index contributed by atoms with van der Waals surface area (Å²) in [7, 11) is 0. The molecule has 0 atom stereocenters. The predicted molar refractivity (Wildman–Crippen MR) is 78.7 cm³/mol. The van der Waals surface area contributed by atoms with Gasteiger partial charge in [-0.05, 0) is 0 Å². The van der Waals surface area contributed by atoms with Crippen LogP contribution in [0.5, 0.6) is 0 Å². The number of hydrogen-bond acceptors (Lipinski definition) is 0. The summed E-state index contributed by atoms with van der Waals surface area (Å²) < 4.78 is 0. The standard InChI is InChI=1S/C17H13B/c1-2-8-14(9-3-1)15-10-4-5-11-16(15)17-12-6-7-13-18-17/h1-13H. The second-order valence-electron chi connectivity index (χ2n) is 4.28. The van der Waals surface area contributed by atoms with Crippen molar-refractivity contribution in [1.29, 1.82) is 0 Å². The van der Waals surface area contributed by atoms with E-state index in [4.69, 9.17) is 0 Å². The van der Waals surface area contributed by atoms with Gasteiger partial charge in [0.15, 0.2) is 0 Å². The van der Waals surface area contributed by atoms with Gasteiger partial charge in [-0.2, -0.15) is 0 Å². The number of hydrogen-bond donors (Lipinski definition) is 0. The third kappa shape index (κ3) is 2.12. The fourth-order valence-corrected chi connectivity index (χ4v) is 2.22. The number of benzene rings is 2. The summed E-state index contributed by atoms with van der Waals surface area (Å²) >= 11 is 0. The summed E-state index contributed by atoms with van der Waals surface area (Å²) in [4.78, 5) is 0. The first-order valence-electron chi connectivity index (χ1n) is 6.15. The van der Waals surface area contributed by atoms with Crippen molar-refractivity contribution in [3.05, 3.63) is 78.8 Å². The van der Waals surface area contributed by atoms with E-state index in [1.165, 1.54) is 22.1 Å². The Bertz CT molecular complexity index is 572. The molecule has 1 heterocycles. The summed E-state index contributed by atoms with van der Waals surface area (Å²) in [5.74, 6) is 2.08. The molecule has 3 aromatic rings. The van der Waals surface area contributed by atoms with E-state index in [9.17, 15) is 0 Å². The zero-order valence-electron chi connectivity index (χ0n) is 10.1. The molecule has 0 radical (unpaired) electrons. The van der Waals surface area contributed by atoms with E-state index in [2.05, 4.69) is 85.7 Å². The molecule has 84 valence electrons. The van der Waals surface area contributed by atoms with Gasteiger partial charge in [0, 0.05) is 0 Å². The van der Waals surface area contributed by atoms with E-state index in [1.54, 1.807) is 0 Å². The van der Waals surface area contributed by atoms with Crippen LogP contribution in [0.3, 0.4) is 0 Å². The van der Waals surface area contributed by atoms with E-state index in [0.717, 1.165) is 0 Å². The van der Waals surface area contributed by atoms with Gasteiger partial charge in [-0.15, -0.1) is 0 Å². The summed E-state index contributed by atoms with van der Waals surface area (Å²) in [5.41, 5.74) is 5.09. The maximum atomic E-state index is 2.18. The van der Waals surface area contributed by atoms with E-state index in [-0.39, 0.29) is 0 Å². The molecule has 18 heavy (non-hydrogen) atoms. The van der Waals surface area contributed by atoms with Crippen LogP contribution in [-0.4, -0.2) is 6.91 Å². The normalized spacial score (nSPS) is 10.0. The monoisotopic (exact) mass is 228 g/mol. The molecule has 0 saturated carbocycles. The molecule has 0 aliphatic heterocycles. The molecule has 0 saturated heterocycles. The van der Waals surface area contributed by atoms with Crippen LogP contribution >= 0.6 is 0 Å². The van der Waals surface area contributed by atoms with Crippen LogP contribution in [-0.2, 0) is 0 Å². The molecule has 0 fully saturated rings. The van der Waals surface area contributed by atoms with Gasteiger partial charge < -0.3 is 0 Å². The molecule has 0 aliphatic rings. The van der Waals surface area contributed by atoms with Gasteiger partial charge in [0.1, 0.15) is 0 Å². The van der Waals surface area contributed by atoms with Crippen molar-refractivity contribution in [1.82, 2.24) is 0 Å². The van der Waals surface area contributed by atoms with Crippen LogP contribution in [0.4, 0.5) is 0 Å². The molecule has 0 bridgehead atoms. The molecule has 0 amide bonds. The summed E-state index contributed by atoms with van der Waals surface area (Å²) in [6.07, 6.45) is 0. The Morgan fingerprint density at radius 1 is 0.556 bits per heavy atom.